The van der Waals surface area contributed by atoms with Gasteiger partial charge in [-0.25, -0.2) is 4.79 Å². The van der Waals surface area contributed by atoms with Crippen LogP contribution in [0.1, 0.15) is 34.5 Å². The predicted molar refractivity (Wildman–Crippen MR) is 57.5 cm³/mol. The Balaban J connectivity index is 2.34. The van der Waals surface area contributed by atoms with Crippen LogP contribution in [0.5, 0.6) is 0 Å². The van der Waals surface area contributed by atoms with Crippen molar-refractivity contribution in [1.29, 1.82) is 0 Å². The second-order valence-electron chi connectivity index (χ2n) is 3.28. The number of ether oxygens (including phenoxy) is 1. The normalized spacial score (nSPS) is 15.4. The van der Waals surface area contributed by atoms with Crippen LogP contribution < -0.4 is 0 Å². The van der Waals surface area contributed by atoms with Gasteiger partial charge < -0.3 is 4.74 Å². The molecule has 0 aromatic carbocycles. The molecule has 0 aliphatic heterocycles. The van der Waals surface area contributed by atoms with E-state index in [2.05, 4.69) is 6.08 Å². The van der Waals surface area contributed by atoms with E-state index in [-0.39, 0.29) is 5.97 Å². The monoisotopic (exact) mass is 208 g/mol. The first kappa shape index (κ1) is 9.46. The lowest BCUT2D eigenvalue weighted by molar-refractivity contribution is 0.0606. The quantitative estimate of drug-likeness (QED) is 0.698. The molecule has 3 heteroatoms. The molecule has 0 unspecified atom stereocenters. The van der Waals surface area contributed by atoms with Crippen LogP contribution in [-0.4, -0.2) is 13.1 Å². The summed E-state index contributed by atoms with van der Waals surface area (Å²) in [5.74, 6) is -0.220. The third kappa shape index (κ3) is 1.60. The molecule has 0 radical (unpaired) electrons. The molecule has 74 valence electrons. The summed E-state index contributed by atoms with van der Waals surface area (Å²) in [7, 11) is 1.43. The van der Waals surface area contributed by atoms with Gasteiger partial charge in [-0.3, -0.25) is 0 Å². The van der Waals surface area contributed by atoms with Gasteiger partial charge in [-0.05, 0) is 36.3 Å². The highest BCUT2D eigenvalue weighted by molar-refractivity contribution is 7.12. The summed E-state index contributed by atoms with van der Waals surface area (Å²) in [5, 5.41) is 1.95. The van der Waals surface area contributed by atoms with Gasteiger partial charge in [-0.15, -0.1) is 11.3 Å². The molecule has 0 spiro atoms. The first-order valence-electron chi connectivity index (χ1n) is 4.68. The fourth-order valence-corrected chi connectivity index (χ4v) is 2.57. The summed E-state index contributed by atoms with van der Waals surface area (Å²) in [6.07, 6.45) is 5.63. The molecule has 0 amide bonds. The number of hydrogen-bond acceptors (Lipinski definition) is 3. The van der Waals surface area contributed by atoms with Crippen molar-refractivity contribution in [3.8, 4) is 0 Å². The van der Waals surface area contributed by atoms with Crippen molar-refractivity contribution in [3.05, 3.63) is 28.0 Å². The molecule has 0 bridgehead atoms. The third-order valence-corrected chi connectivity index (χ3v) is 3.32. The van der Waals surface area contributed by atoms with Gasteiger partial charge in [0.2, 0.25) is 0 Å². The Labute approximate surface area is 87.2 Å². The topological polar surface area (TPSA) is 26.3 Å². The minimum atomic E-state index is -0.220. The molecule has 0 fully saturated rings. The summed E-state index contributed by atoms with van der Waals surface area (Å²) < 4.78 is 4.74. The van der Waals surface area contributed by atoms with Crippen LogP contribution in [0, 0.1) is 0 Å². The lowest BCUT2D eigenvalue weighted by Gasteiger charge is -2.02. The maximum Gasteiger partial charge on any atom is 0.348 e. The molecule has 0 saturated carbocycles. The lowest BCUT2D eigenvalue weighted by atomic mass is 10.1. The first-order valence-corrected chi connectivity index (χ1v) is 5.56. The van der Waals surface area contributed by atoms with Gasteiger partial charge in [0.15, 0.2) is 0 Å². The Morgan fingerprint density at radius 3 is 3.07 bits per heavy atom. The average molecular weight is 208 g/mol. The van der Waals surface area contributed by atoms with Crippen molar-refractivity contribution in [2.45, 2.75) is 19.3 Å². The zero-order valence-corrected chi connectivity index (χ0v) is 8.89. The number of allylic oxidation sites excluding steroid dienone is 2. The summed E-state index contributed by atoms with van der Waals surface area (Å²) in [6, 6.07) is 2.01. The maximum atomic E-state index is 11.4. The summed E-state index contributed by atoms with van der Waals surface area (Å²) in [6.45, 7) is 0. The highest BCUT2D eigenvalue weighted by Gasteiger charge is 2.17. The van der Waals surface area contributed by atoms with Crippen molar-refractivity contribution in [2.24, 2.45) is 0 Å². The second kappa shape index (κ2) is 3.96. The molecule has 1 aromatic rings. The van der Waals surface area contributed by atoms with E-state index in [0.29, 0.717) is 0 Å². The highest BCUT2D eigenvalue weighted by Crippen LogP contribution is 2.32. The Kier molecular flexibility index (Phi) is 2.68. The van der Waals surface area contributed by atoms with Crippen LogP contribution in [0.4, 0.5) is 0 Å². The Bertz CT molecular complexity index is 376. The van der Waals surface area contributed by atoms with E-state index in [1.165, 1.54) is 30.4 Å². The number of thiophene rings is 1. The molecule has 1 aliphatic rings. The molecule has 1 aromatic heterocycles. The second-order valence-corrected chi connectivity index (χ2v) is 4.19. The molecule has 2 nitrogen and oxygen atoms in total. The van der Waals surface area contributed by atoms with Crippen molar-refractivity contribution < 1.29 is 9.53 Å². The molecule has 2 rings (SSSR count). The Morgan fingerprint density at radius 2 is 2.43 bits per heavy atom. The molecular weight excluding hydrogens is 196 g/mol. The van der Waals surface area contributed by atoms with E-state index in [1.54, 1.807) is 0 Å². The number of carbonyl (C=O) groups is 1. The van der Waals surface area contributed by atoms with Gasteiger partial charge in [0.05, 0.1) is 7.11 Å². The smallest absolute Gasteiger partial charge is 0.348 e. The maximum absolute atomic E-state index is 11.4. The van der Waals surface area contributed by atoms with E-state index in [1.807, 2.05) is 11.4 Å². The number of esters is 1. The van der Waals surface area contributed by atoms with Crippen LogP contribution in [0.25, 0.3) is 5.57 Å². The predicted octanol–water partition coefficient (Wildman–Crippen LogP) is 3.10. The largest absolute Gasteiger partial charge is 0.465 e. The van der Waals surface area contributed by atoms with Crippen LogP contribution >= 0.6 is 11.3 Å². The zero-order chi connectivity index (χ0) is 9.97. The molecule has 0 N–H and O–H groups in total. The average Bonchev–Trinajstić information content (AvgIpc) is 2.85. The van der Waals surface area contributed by atoms with E-state index in [9.17, 15) is 4.79 Å². The van der Waals surface area contributed by atoms with Gasteiger partial charge in [-0.1, -0.05) is 6.08 Å². The molecule has 1 aliphatic carbocycles. The van der Waals surface area contributed by atoms with Gasteiger partial charge >= 0.3 is 5.97 Å². The summed E-state index contributed by atoms with van der Waals surface area (Å²) in [5.41, 5.74) is 2.37. The molecule has 0 atom stereocenters. The molecule has 14 heavy (non-hydrogen) atoms. The summed E-state index contributed by atoms with van der Waals surface area (Å²) in [4.78, 5) is 12.1. The van der Waals surface area contributed by atoms with Crippen LogP contribution in [-0.2, 0) is 4.74 Å². The van der Waals surface area contributed by atoms with E-state index >= 15 is 0 Å². The number of methoxy groups -OCH3 is 1. The standard InChI is InChI=1S/C11H12O2S/c1-13-11(12)10-9(6-7-14-10)8-4-2-3-5-8/h4,6-7H,2-3,5H2,1H3. The number of carbonyl (C=O) groups excluding carboxylic acids is 1. The SMILES string of the molecule is COC(=O)c1sccc1C1=CCCC1. The number of hydrogen-bond donors (Lipinski definition) is 0. The summed E-state index contributed by atoms with van der Waals surface area (Å²) >= 11 is 1.45. The van der Waals surface area contributed by atoms with Gasteiger partial charge in [0.1, 0.15) is 4.88 Å². The number of rotatable bonds is 2. The molecule has 0 saturated heterocycles. The van der Waals surface area contributed by atoms with Crippen molar-refractivity contribution in [1.82, 2.24) is 0 Å². The molecular formula is C11H12O2S. The fraction of sp³-hybridized carbons (Fsp3) is 0.364. The van der Waals surface area contributed by atoms with Gasteiger partial charge in [0, 0.05) is 5.56 Å². The van der Waals surface area contributed by atoms with E-state index in [0.717, 1.165) is 23.3 Å². The van der Waals surface area contributed by atoms with Crippen molar-refractivity contribution in [2.75, 3.05) is 7.11 Å². The van der Waals surface area contributed by atoms with E-state index < -0.39 is 0 Å². The third-order valence-electron chi connectivity index (χ3n) is 2.42. The lowest BCUT2D eigenvalue weighted by Crippen LogP contribution is -2.00. The van der Waals surface area contributed by atoms with Gasteiger partial charge in [0.25, 0.3) is 0 Å². The van der Waals surface area contributed by atoms with Crippen LogP contribution in [0.15, 0.2) is 17.5 Å². The Morgan fingerprint density at radius 1 is 1.57 bits per heavy atom. The minimum Gasteiger partial charge on any atom is -0.465 e. The highest BCUT2D eigenvalue weighted by atomic mass is 32.1. The van der Waals surface area contributed by atoms with Crippen LogP contribution in [0.3, 0.4) is 0 Å². The fourth-order valence-electron chi connectivity index (χ4n) is 1.73. The van der Waals surface area contributed by atoms with Crippen molar-refractivity contribution >= 4 is 22.9 Å². The van der Waals surface area contributed by atoms with Gasteiger partial charge in [-0.2, -0.15) is 0 Å². The zero-order valence-electron chi connectivity index (χ0n) is 8.08. The molecule has 1 heterocycles. The van der Waals surface area contributed by atoms with Crippen LogP contribution in [0.2, 0.25) is 0 Å². The Hall–Kier alpha value is -1.09. The van der Waals surface area contributed by atoms with Crippen molar-refractivity contribution in [3.63, 3.8) is 0 Å². The van der Waals surface area contributed by atoms with E-state index in [4.69, 9.17) is 4.74 Å². The minimum absolute atomic E-state index is 0.220. The first-order chi connectivity index (χ1) is 6.83.